The van der Waals surface area contributed by atoms with Gasteiger partial charge in [0, 0.05) is 18.5 Å². The van der Waals surface area contributed by atoms with Gasteiger partial charge in [-0.3, -0.25) is 9.59 Å². The highest BCUT2D eigenvalue weighted by Crippen LogP contribution is 2.12. The second-order valence-electron chi connectivity index (χ2n) is 4.60. The van der Waals surface area contributed by atoms with Crippen LogP contribution in [0.1, 0.15) is 40.0 Å². The molecule has 0 saturated heterocycles. The molecule has 5 nitrogen and oxygen atoms in total. The lowest BCUT2D eigenvalue weighted by molar-refractivity contribution is -0.140. The smallest absolute Gasteiger partial charge is 0.305 e. The van der Waals surface area contributed by atoms with Crippen LogP contribution in [0.25, 0.3) is 0 Å². The Kier molecular flexibility index (Phi) is 7.54. The Morgan fingerprint density at radius 2 is 1.88 bits per heavy atom. The van der Waals surface area contributed by atoms with Crippen LogP contribution in [0.3, 0.4) is 0 Å². The van der Waals surface area contributed by atoms with Crippen LogP contribution in [0, 0.1) is 5.92 Å². The number of carbonyl (C=O) groups is 2. The van der Waals surface area contributed by atoms with Crippen LogP contribution < -0.4 is 5.73 Å². The Morgan fingerprint density at radius 3 is 2.29 bits per heavy atom. The molecule has 0 radical (unpaired) electrons. The number of carboxylic acid groups (broad SMARTS) is 1. The molecule has 0 bridgehead atoms. The summed E-state index contributed by atoms with van der Waals surface area (Å²) in [6.07, 6.45) is 1.57. The maximum Gasteiger partial charge on any atom is 0.305 e. The topological polar surface area (TPSA) is 83.6 Å². The summed E-state index contributed by atoms with van der Waals surface area (Å²) in [6.45, 7) is 6.52. The van der Waals surface area contributed by atoms with Crippen molar-refractivity contribution < 1.29 is 14.7 Å². The minimum absolute atomic E-state index is 0.00642. The van der Waals surface area contributed by atoms with Gasteiger partial charge in [-0.1, -0.05) is 6.92 Å². The van der Waals surface area contributed by atoms with Gasteiger partial charge in [0.15, 0.2) is 0 Å². The maximum absolute atomic E-state index is 12.1. The molecule has 1 atom stereocenters. The normalized spacial score (nSPS) is 12.5. The van der Waals surface area contributed by atoms with Crippen molar-refractivity contribution in [1.82, 2.24) is 4.90 Å². The summed E-state index contributed by atoms with van der Waals surface area (Å²) in [4.78, 5) is 24.3. The second kappa shape index (κ2) is 8.06. The first kappa shape index (κ1) is 15.9. The standard InChI is InChI=1S/C12H24N2O3/c1-9(2)14(8-6-11(15)16)12(17)10(3)5-4-7-13/h9-10H,4-8,13H2,1-3H3,(H,15,16). The quantitative estimate of drug-likeness (QED) is 0.669. The highest BCUT2D eigenvalue weighted by atomic mass is 16.4. The van der Waals surface area contributed by atoms with Crippen LogP contribution in [0.5, 0.6) is 0 Å². The van der Waals surface area contributed by atoms with Crippen LogP contribution in [0.15, 0.2) is 0 Å². The first-order chi connectivity index (χ1) is 7.90. The van der Waals surface area contributed by atoms with Crippen molar-refractivity contribution in [3.05, 3.63) is 0 Å². The van der Waals surface area contributed by atoms with Gasteiger partial charge in [-0.05, 0) is 33.2 Å². The van der Waals surface area contributed by atoms with E-state index in [1.54, 1.807) is 4.90 Å². The van der Waals surface area contributed by atoms with Crippen molar-refractivity contribution in [2.75, 3.05) is 13.1 Å². The van der Waals surface area contributed by atoms with Gasteiger partial charge >= 0.3 is 5.97 Å². The highest BCUT2D eigenvalue weighted by Gasteiger charge is 2.22. The number of hydrogen-bond donors (Lipinski definition) is 2. The molecule has 1 unspecified atom stereocenters. The third-order valence-electron chi connectivity index (χ3n) is 2.74. The fraction of sp³-hybridized carbons (Fsp3) is 0.833. The summed E-state index contributed by atoms with van der Waals surface area (Å²) in [7, 11) is 0. The molecular formula is C12H24N2O3. The Bertz CT molecular complexity index is 254. The summed E-state index contributed by atoms with van der Waals surface area (Å²) in [5, 5.41) is 8.65. The number of hydrogen-bond acceptors (Lipinski definition) is 3. The fourth-order valence-corrected chi connectivity index (χ4v) is 1.67. The number of rotatable bonds is 8. The third-order valence-corrected chi connectivity index (χ3v) is 2.74. The lowest BCUT2D eigenvalue weighted by atomic mass is 10.0. The summed E-state index contributed by atoms with van der Waals surface area (Å²) < 4.78 is 0. The van der Waals surface area contributed by atoms with Gasteiger partial charge in [0.1, 0.15) is 0 Å². The summed E-state index contributed by atoms with van der Waals surface area (Å²) in [6, 6.07) is 0.0298. The Hall–Kier alpha value is -1.10. The number of carboxylic acids is 1. The van der Waals surface area contributed by atoms with E-state index in [2.05, 4.69) is 0 Å². The molecule has 0 saturated carbocycles. The predicted molar refractivity (Wildman–Crippen MR) is 66.6 cm³/mol. The van der Waals surface area contributed by atoms with Gasteiger partial charge < -0.3 is 15.7 Å². The van der Waals surface area contributed by atoms with E-state index in [0.717, 1.165) is 12.8 Å². The molecule has 3 N–H and O–H groups in total. The summed E-state index contributed by atoms with van der Waals surface area (Å²) >= 11 is 0. The highest BCUT2D eigenvalue weighted by molar-refractivity contribution is 5.79. The molecule has 5 heteroatoms. The maximum atomic E-state index is 12.1. The van der Waals surface area contributed by atoms with Gasteiger partial charge in [-0.25, -0.2) is 0 Å². The Morgan fingerprint density at radius 1 is 1.29 bits per heavy atom. The zero-order valence-electron chi connectivity index (χ0n) is 11.0. The molecule has 0 aliphatic rings. The van der Waals surface area contributed by atoms with Crippen molar-refractivity contribution in [3.63, 3.8) is 0 Å². The minimum Gasteiger partial charge on any atom is -0.481 e. The van der Waals surface area contributed by atoms with Crippen LogP contribution >= 0.6 is 0 Å². The van der Waals surface area contributed by atoms with Crippen LogP contribution in [-0.4, -0.2) is 41.0 Å². The lowest BCUT2D eigenvalue weighted by Gasteiger charge is -2.29. The molecule has 0 fully saturated rings. The van der Waals surface area contributed by atoms with Crippen molar-refractivity contribution in [2.24, 2.45) is 11.7 Å². The van der Waals surface area contributed by atoms with E-state index in [-0.39, 0.29) is 30.8 Å². The zero-order valence-corrected chi connectivity index (χ0v) is 11.0. The van der Waals surface area contributed by atoms with Gasteiger partial charge in [0.05, 0.1) is 6.42 Å². The fourth-order valence-electron chi connectivity index (χ4n) is 1.67. The van der Waals surface area contributed by atoms with Gasteiger partial charge in [0.25, 0.3) is 0 Å². The molecule has 0 aromatic rings. The molecule has 0 heterocycles. The molecule has 0 aliphatic heterocycles. The van der Waals surface area contributed by atoms with Crippen molar-refractivity contribution >= 4 is 11.9 Å². The van der Waals surface area contributed by atoms with Crippen molar-refractivity contribution in [1.29, 1.82) is 0 Å². The SMILES string of the molecule is CC(CCCN)C(=O)N(CCC(=O)O)C(C)C. The minimum atomic E-state index is -0.877. The number of aliphatic carboxylic acids is 1. The Balaban J connectivity index is 4.37. The largest absolute Gasteiger partial charge is 0.481 e. The predicted octanol–water partition coefficient (Wildman–Crippen LogP) is 1.07. The number of amides is 1. The third kappa shape index (κ3) is 6.26. The van der Waals surface area contributed by atoms with E-state index in [9.17, 15) is 9.59 Å². The number of nitrogens with zero attached hydrogens (tertiary/aromatic N) is 1. The first-order valence-corrected chi connectivity index (χ1v) is 6.12. The molecule has 100 valence electrons. The van der Waals surface area contributed by atoms with Gasteiger partial charge in [-0.2, -0.15) is 0 Å². The van der Waals surface area contributed by atoms with E-state index in [0.29, 0.717) is 6.54 Å². The molecule has 0 aromatic carbocycles. The van der Waals surface area contributed by atoms with Gasteiger partial charge in [-0.15, -0.1) is 0 Å². The summed E-state index contributed by atoms with van der Waals surface area (Å²) in [5.41, 5.74) is 5.41. The van der Waals surface area contributed by atoms with Crippen LogP contribution in [-0.2, 0) is 9.59 Å². The lowest BCUT2D eigenvalue weighted by Crippen LogP contribution is -2.41. The average Bonchev–Trinajstić information content (AvgIpc) is 2.24. The van der Waals surface area contributed by atoms with Crippen molar-refractivity contribution in [2.45, 2.75) is 46.1 Å². The molecule has 0 spiro atoms. The molecule has 0 rings (SSSR count). The summed E-state index contributed by atoms with van der Waals surface area (Å²) in [5.74, 6) is -0.942. The molecular weight excluding hydrogens is 220 g/mol. The van der Waals surface area contributed by atoms with E-state index in [1.165, 1.54) is 0 Å². The zero-order chi connectivity index (χ0) is 13.4. The molecule has 1 amide bonds. The van der Waals surface area contributed by atoms with Crippen LogP contribution in [0.4, 0.5) is 0 Å². The molecule has 0 aromatic heterocycles. The van der Waals surface area contributed by atoms with Crippen molar-refractivity contribution in [3.8, 4) is 0 Å². The van der Waals surface area contributed by atoms with Crippen LogP contribution in [0.2, 0.25) is 0 Å². The number of carbonyl (C=O) groups excluding carboxylic acids is 1. The van der Waals surface area contributed by atoms with Gasteiger partial charge in [0.2, 0.25) is 5.91 Å². The Labute approximate surface area is 103 Å². The number of nitrogens with two attached hydrogens (primary N) is 1. The average molecular weight is 244 g/mol. The molecule has 17 heavy (non-hydrogen) atoms. The second-order valence-corrected chi connectivity index (χ2v) is 4.60. The van der Waals surface area contributed by atoms with E-state index in [4.69, 9.17) is 10.8 Å². The van der Waals surface area contributed by atoms with E-state index in [1.807, 2.05) is 20.8 Å². The van der Waals surface area contributed by atoms with E-state index < -0.39 is 5.97 Å². The van der Waals surface area contributed by atoms with E-state index >= 15 is 0 Å². The first-order valence-electron chi connectivity index (χ1n) is 6.12. The monoisotopic (exact) mass is 244 g/mol. The molecule has 0 aliphatic carbocycles.